The topological polar surface area (TPSA) is 83.7 Å². The number of ether oxygens (including phenoxy) is 2. The van der Waals surface area contributed by atoms with Crippen molar-refractivity contribution in [1.82, 2.24) is 5.43 Å². The molecule has 0 fully saturated rings. The molecule has 1 aromatic rings. The molecule has 0 aliphatic rings. The summed E-state index contributed by atoms with van der Waals surface area (Å²) < 4.78 is 10.7. The first-order chi connectivity index (χ1) is 9.17. The summed E-state index contributed by atoms with van der Waals surface area (Å²) in [4.78, 5) is 10.7. The molecule has 0 heterocycles. The van der Waals surface area contributed by atoms with Crippen molar-refractivity contribution in [2.24, 2.45) is 5.10 Å². The Hall–Kier alpha value is -2.55. The summed E-state index contributed by atoms with van der Waals surface area (Å²) in [6.45, 7) is 3.67. The molecule has 0 aliphatic heterocycles. The van der Waals surface area contributed by atoms with Gasteiger partial charge in [-0.1, -0.05) is 0 Å². The van der Waals surface area contributed by atoms with Crippen LogP contribution in [0, 0.1) is 11.3 Å². The summed E-state index contributed by atoms with van der Waals surface area (Å²) in [5.41, 5.74) is 3.06. The van der Waals surface area contributed by atoms with Crippen molar-refractivity contribution in [3.05, 3.63) is 23.8 Å². The number of carbonyl (C=O) groups excluding carboxylic acids is 1. The second-order valence-corrected chi connectivity index (χ2v) is 3.51. The number of nitrogens with zero attached hydrogens (tertiary/aromatic N) is 2. The van der Waals surface area contributed by atoms with Gasteiger partial charge in [0, 0.05) is 6.92 Å². The van der Waals surface area contributed by atoms with Crippen molar-refractivity contribution in [2.75, 3.05) is 13.2 Å². The van der Waals surface area contributed by atoms with Crippen LogP contribution in [0.5, 0.6) is 11.5 Å². The molecule has 0 spiro atoms. The van der Waals surface area contributed by atoms with Crippen LogP contribution in [0.1, 0.15) is 19.4 Å². The molecule has 1 rings (SSSR count). The Bertz CT molecular complexity index is 506. The Morgan fingerprint density at radius 2 is 2.26 bits per heavy atom. The minimum absolute atomic E-state index is 0.0423. The molecule has 0 atom stereocenters. The van der Waals surface area contributed by atoms with Crippen molar-refractivity contribution in [3.8, 4) is 17.6 Å². The van der Waals surface area contributed by atoms with Gasteiger partial charge in [-0.15, -0.1) is 0 Å². The molecule has 1 aromatic carbocycles. The fourth-order valence-electron chi connectivity index (χ4n) is 1.30. The molecule has 0 radical (unpaired) electrons. The SMILES string of the molecule is CCOc1cc(/C=N\NC(C)=O)ccc1OCC#N. The highest BCUT2D eigenvalue weighted by Crippen LogP contribution is 2.27. The molecule has 0 saturated heterocycles. The Balaban J connectivity index is 2.85. The van der Waals surface area contributed by atoms with E-state index in [0.29, 0.717) is 18.1 Å². The van der Waals surface area contributed by atoms with Crippen LogP contribution in [0.4, 0.5) is 0 Å². The zero-order valence-corrected chi connectivity index (χ0v) is 10.8. The highest BCUT2D eigenvalue weighted by molar-refractivity contribution is 5.82. The fraction of sp³-hybridized carbons (Fsp3) is 0.308. The standard InChI is InChI=1S/C13H15N3O3/c1-3-18-13-8-11(9-15-16-10(2)17)4-5-12(13)19-7-6-14/h4-5,8-9H,3,7H2,1-2H3,(H,16,17)/b15-9-. The van der Waals surface area contributed by atoms with Crippen molar-refractivity contribution >= 4 is 12.1 Å². The summed E-state index contributed by atoms with van der Waals surface area (Å²) in [5.74, 6) is 0.792. The molecule has 0 unspecified atom stereocenters. The number of amides is 1. The van der Waals surface area contributed by atoms with Crippen LogP contribution in [0.15, 0.2) is 23.3 Å². The number of nitriles is 1. The Kier molecular flexibility index (Phi) is 5.89. The lowest BCUT2D eigenvalue weighted by molar-refractivity contribution is -0.118. The molecule has 6 nitrogen and oxygen atoms in total. The number of nitrogens with one attached hydrogen (secondary N) is 1. The first-order valence-electron chi connectivity index (χ1n) is 5.73. The van der Waals surface area contributed by atoms with Crippen LogP contribution < -0.4 is 14.9 Å². The summed E-state index contributed by atoms with van der Waals surface area (Å²) in [6.07, 6.45) is 1.50. The predicted molar refractivity (Wildman–Crippen MR) is 70.1 cm³/mol. The van der Waals surface area contributed by atoms with Crippen molar-refractivity contribution in [2.45, 2.75) is 13.8 Å². The number of benzene rings is 1. The van der Waals surface area contributed by atoms with Crippen LogP contribution >= 0.6 is 0 Å². The van der Waals surface area contributed by atoms with Gasteiger partial charge in [-0.25, -0.2) is 5.43 Å². The number of hydrazone groups is 1. The van der Waals surface area contributed by atoms with E-state index >= 15 is 0 Å². The van der Waals surface area contributed by atoms with E-state index in [0.717, 1.165) is 5.56 Å². The molecule has 0 bridgehead atoms. The van der Waals surface area contributed by atoms with E-state index < -0.39 is 0 Å². The fourth-order valence-corrected chi connectivity index (χ4v) is 1.30. The summed E-state index contributed by atoms with van der Waals surface area (Å²) in [6, 6.07) is 7.06. The van der Waals surface area contributed by atoms with E-state index in [-0.39, 0.29) is 12.5 Å². The molecule has 0 aliphatic carbocycles. The lowest BCUT2D eigenvalue weighted by Crippen LogP contribution is -2.12. The molecular weight excluding hydrogens is 246 g/mol. The zero-order chi connectivity index (χ0) is 14.1. The average molecular weight is 261 g/mol. The van der Waals surface area contributed by atoms with E-state index in [1.807, 2.05) is 13.0 Å². The van der Waals surface area contributed by atoms with E-state index in [4.69, 9.17) is 14.7 Å². The maximum absolute atomic E-state index is 10.7. The quantitative estimate of drug-likeness (QED) is 0.620. The van der Waals surface area contributed by atoms with E-state index in [1.54, 1.807) is 18.2 Å². The van der Waals surface area contributed by atoms with Crippen molar-refractivity contribution in [3.63, 3.8) is 0 Å². The van der Waals surface area contributed by atoms with Crippen molar-refractivity contribution in [1.29, 1.82) is 5.26 Å². The highest BCUT2D eigenvalue weighted by atomic mass is 16.5. The third kappa shape index (κ3) is 5.08. The number of hydrogen-bond acceptors (Lipinski definition) is 5. The summed E-state index contributed by atoms with van der Waals surface area (Å²) >= 11 is 0. The van der Waals surface area contributed by atoms with E-state index in [1.165, 1.54) is 13.1 Å². The van der Waals surface area contributed by atoms with Gasteiger partial charge in [0.25, 0.3) is 0 Å². The molecule has 6 heteroatoms. The largest absolute Gasteiger partial charge is 0.490 e. The highest BCUT2D eigenvalue weighted by Gasteiger charge is 2.05. The molecule has 0 saturated carbocycles. The van der Waals surface area contributed by atoms with Gasteiger partial charge in [-0.05, 0) is 30.7 Å². The lowest BCUT2D eigenvalue weighted by atomic mass is 10.2. The number of hydrogen-bond donors (Lipinski definition) is 1. The van der Waals surface area contributed by atoms with Gasteiger partial charge >= 0.3 is 0 Å². The van der Waals surface area contributed by atoms with Gasteiger partial charge in [0.05, 0.1) is 12.8 Å². The molecule has 0 aromatic heterocycles. The second-order valence-electron chi connectivity index (χ2n) is 3.51. The normalized spacial score (nSPS) is 9.95. The Labute approximate surface area is 111 Å². The van der Waals surface area contributed by atoms with Gasteiger partial charge in [-0.2, -0.15) is 10.4 Å². The second kappa shape index (κ2) is 7.71. The van der Waals surface area contributed by atoms with E-state index in [2.05, 4.69) is 10.5 Å². The molecule has 1 amide bonds. The smallest absolute Gasteiger partial charge is 0.236 e. The number of carbonyl (C=O) groups is 1. The maximum atomic E-state index is 10.7. The summed E-state index contributed by atoms with van der Waals surface area (Å²) in [7, 11) is 0. The molecule has 100 valence electrons. The van der Waals surface area contributed by atoms with Gasteiger partial charge < -0.3 is 9.47 Å². The minimum atomic E-state index is -0.241. The molecule has 1 N–H and O–H groups in total. The van der Waals surface area contributed by atoms with Crippen LogP contribution in [0.2, 0.25) is 0 Å². The summed E-state index contributed by atoms with van der Waals surface area (Å²) in [5, 5.41) is 12.3. The van der Waals surface area contributed by atoms with Gasteiger partial charge in [0.1, 0.15) is 6.07 Å². The minimum Gasteiger partial charge on any atom is -0.490 e. The third-order valence-corrected chi connectivity index (χ3v) is 2.00. The van der Waals surface area contributed by atoms with Crippen LogP contribution in [0.25, 0.3) is 0 Å². The first kappa shape index (κ1) is 14.5. The predicted octanol–water partition coefficient (Wildman–Crippen LogP) is 1.46. The zero-order valence-electron chi connectivity index (χ0n) is 10.8. The Morgan fingerprint density at radius 3 is 2.89 bits per heavy atom. The van der Waals surface area contributed by atoms with Gasteiger partial charge in [0.15, 0.2) is 18.1 Å². The van der Waals surface area contributed by atoms with E-state index in [9.17, 15) is 4.79 Å². The van der Waals surface area contributed by atoms with Crippen LogP contribution in [-0.4, -0.2) is 25.3 Å². The Morgan fingerprint density at radius 1 is 1.47 bits per heavy atom. The van der Waals surface area contributed by atoms with Crippen LogP contribution in [-0.2, 0) is 4.79 Å². The van der Waals surface area contributed by atoms with Crippen molar-refractivity contribution < 1.29 is 14.3 Å². The monoisotopic (exact) mass is 261 g/mol. The third-order valence-electron chi connectivity index (χ3n) is 2.00. The van der Waals surface area contributed by atoms with Crippen LogP contribution in [0.3, 0.4) is 0 Å². The molecular formula is C13H15N3O3. The maximum Gasteiger partial charge on any atom is 0.236 e. The average Bonchev–Trinajstić information content (AvgIpc) is 2.38. The first-order valence-corrected chi connectivity index (χ1v) is 5.73. The molecule has 19 heavy (non-hydrogen) atoms. The number of rotatable bonds is 6. The van der Waals surface area contributed by atoms with Gasteiger partial charge in [0.2, 0.25) is 5.91 Å². The van der Waals surface area contributed by atoms with Gasteiger partial charge in [-0.3, -0.25) is 4.79 Å². The lowest BCUT2D eigenvalue weighted by Gasteiger charge is -2.10.